The van der Waals surface area contributed by atoms with Crippen molar-refractivity contribution in [3.63, 3.8) is 0 Å². The summed E-state index contributed by atoms with van der Waals surface area (Å²) in [6, 6.07) is -0.612. The third kappa shape index (κ3) is 36.2. The topological polar surface area (TPSA) is 69.6 Å². The average molecular weight is 664 g/mol. The summed E-state index contributed by atoms with van der Waals surface area (Å²) in [5, 5.41) is 22.4. The lowest BCUT2D eigenvalue weighted by atomic mass is 10.0. The van der Waals surface area contributed by atoms with Gasteiger partial charge >= 0.3 is 0 Å². The Hall–Kier alpha value is -0.870. The van der Waals surface area contributed by atoms with Gasteiger partial charge in [-0.25, -0.2) is 0 Å². The molecule has 0 aliphatic heterocycles. The molecule has 0 aromatic carbocycles. The molecule has 0 saturated carbocycles. The van der Waals surface area contributed by atoms with Crippen LogP contribution in [0.2, 0.25) is 0 Å². The van der Waals surface area contributed by atoms with Crippen LogP contribution in [0.1, 0.15) is 239 Å². The molecule has 0 aliphatic rings. The van der Waals surface area contributed by atoms with E-state index in [-0.39, 0.29) is 12.5 Å². The lowest BCUT2D eigenvalue weighted by molar-refractivity contribution is -0.123. The maximum atomic E-state index is 12.2. The summed E-state index contributed by atoms with van der Waals surface area (Å²) in [4.78, 5) is 12.2. The van der Waals surface area contributed by atoms with Crippen molar-refractivity contribution < 1.29 is 15.0 Å². The molecule has 0 saturated heterocycles. The van der Waals surface area contributed by atoms with E-state index in [1.54, 1.807) is 6.08 Å². The first kappa shape index (κ1) is 46.1. The van der Waals surface area contributed by atoms with Crippen LogP contribution in [0, 0.1) is 0 Å². The number of hydrogen-bond donors (Lipinski definition) is 3. The zero-order valence-electron chi connectivity index (χ0n) is 32.1. The summed E-state index contributed by atoms with van der Waals surface area (Å²) in [6.07, 6.45) is 49.9. The highest BCUT2D eigenvalue weighted by atomic mass is 16.3. The number of aliphatic hydroxyl groups is 2. The van der Waals surface area contributed by atoms with Crippen LogP contribution < -0.4 is 5.32 Å². The number of aliphatic hydroxyl groups excluding tert-OH is 2. The van der Waals surface area contributed by atoms with Gasteiger partial charge in [0.25, 0.3) is 0 Å². The minimum Gasteiger partial charge on any atom is -0.394 e. The molecule has 2 unspecified atom stereocenters. The van der Waals surface area contributed by atoms with E-state index in [1.165, 1.54) is 193 Å². The monoisotopic (exact) mass is 664 g/mol. The van der Waals surface area contributed by atoms with Gasteiger partial charge in [0.05, 0.1) is 18.8 Å². The first-order chi connectivity index (χ1) is 23.2. The van der Waals surface area contributed by atoms with E-state index in [1.807, 2.05) is 6.08 Å². The summed E-state index contributed by atoms with van der Waals surface area (Å²) in [6.45, 7) is 4.13. The van der Waals surface area contributed by atoms with Crippen LogP contribution in [0.5, 0.6) is 0 Å². The first-order valence-electron chi connectivity index (χ1n) is 21.4. The minimum absolute atomic E-state index is 0.0717. The predicted octanol–water partition coefficient (Wildman–Crippen LogP) is 13.1. The van der Waals surface area contributed by atoms with Gasteiger partial charge in [-0.15, -0.1) is 0 Å². The van der Waals surface area contributed by atoms with E-state index in [0.717, 1.165) is 25.7 Å². The SMILES string of the molecule is CCC/C=C/C(O)C(CO)NC(=O)CCCCCCCCCCCCCCCCCCCCCCCCCCCCCCCCCC. The van der Waals surface area contributed by atoms with Crippen molar-refractivity contribution in [2.24, 2.45) is 0 Å². The summed E-state index contributed by atoms with van der Waals surface area (Å²) in [7, 11) is 0. The molecule has 0 fully saturated rings. The van der Waals surface area contributed by atoms with Crippen molar-refractivity contribution >= 4 is 5.91 Å². The van der Waals surface area contributed by atoms with E-state index >= 15 is 0 Å². The summed E-state index contributed by atoms with van der Waals surface area (Å²) in [5.74, 6) is -0.0717. The largest absolute Gasteiger partial charge is 0.394 e. The number of carbonyl (C=O) groups excluding carboxylic acids is 1. The van der Waals surface area contributed by atoms with Gasteiger partial charge in [0.1, 0.15) is 0 Å². The Morgan fingerprint density at radius 1 is 0.489 bits per heavy atom. The van der Waals surface area contributed by atoms with Gasteiger partial charge in [0.2, 0.25) is 5.91 Å². The molecule has 0 rings (SSSR count). The maximum absolute atomic E-state index is 12.2. The number of hydrogen-bond acceptors (Lipinski definition) is 3. The van der Waals surface area contributed by atoms with Gasteiger partial charge < -0.3 is 15.5 Å². The number of unbranched alkanes of at least 4 members (excludes halogenated alkanes) is 32. The zero-order chi connectivity index (χ0) is 34.3. The Kier molecular flexibility index (Phi) is 38.8. The molecule has 4 heteroatoms. The van der Waals surface area contributed by atoms with E-state index in [9.17, 15) is 15.0 Å². The van der Waals surface area contributed by atoms with Crippen LogP contribution in [-0.2, 0) is 4.79 Å². The highest BCUT2D eigenvalue weighted by Gasteiger charge is 2.17. The molecule has 0 spiro atoms. The Morgan fingerprint density at radius 2 is 0.787 bits per heavy atom. The molecule has 0 radical (unpaired) electrons. The lowest BCUT2D eigenvalue weighted by Gasteiger charge is -2.19. The fraction of sp³-hybridized carbons (Fsp3) is 0.930. The second kappa shape index (κ2) is 39.6. The van der Waals surface area contributed by atoms with Crippen molar-refractivity contribution in [3.8, 4) is 0 Å². The standard InChI is InChI=1S/C43H85NO3/c1-3-5-7-8-9-10-11-12-13-14-15-16-17-18-19-20-21-22-23-24-25-26-27-28-29-30-31-32-33-34-35-37-39-43(47)44-41(40-45)42(46)38-36-6-4-2/h36,38,41-42,45-46H,3-35,37,39-40H2,1-2H3,(H,44,47)/b38-36+. The molecule has 0 aromatic heterocycles. The fourth-order valence-corrected chi connectivity index (χ4v) is 6.72. The highest BCUT2D eigenvalue weighted by Crippen LogP contribution is 2.17. The number of nitrogens with one attached hydrogen (secondary N) is 1. The molecule has 1 amide bonds. The molecule has 0 bridgehead atoms. The van der Waals surface area contributed by atoms with E-state index < -0.39 is 12.1 Å². The Labute approximate surface area is 295 Å². The zero-order valence-corrected chi connectivity index (χ0v) is 32.1. The second-order valence-corrected chi connectivity index (χ2v) is 14.8. The summed E-state index contributed by atoms with van der Waals surface area (Å²) >= 11 is 0. The minimum atomic E-state index is -0.830. The summed E-state index contributed by atoms with van der Waals surface area (Å²) in [5.41, 5.74) is 0. The first-order valence-corrected chi connectivity index (χ1v) is 21.4. The Bertz CT molecular complexity index is 637. The van der Waals surface area contributed by atoms with Gasteiger partial charge in [-0.1, -0.05) is 231 Å². The Balaban J connectivity index is 3.25. The third-order valence-electron chi connectivity index (χ3n) is 10.0. The molecule has 4 nitrogen and oxygen atoms in total. The molecule has 3 N–H and O–H groups in total. The van der Waals surface area contributed by atoms with E-state index in [2.05, 4.69) is 19.2 Å². The van der Waals surface area contributed by atoms with E-state index in [0.29, 0.717) is 6.42 Å². The number of rotatable bonds is 39. The molecule has 47 heavy (non-hydrogen) atoms. The molecule has 0 aliphatic carbocycles. The quantitative estimate of drug-likeness (QED) is 0.0453. The maximum Gasteiger partial charge on any atom is 0.220 e. The fourth-order valence-electron chi connectivity index (χ4n) is 6.72. The van der Waals surface area contributed by atoms with Crippen LogP contribution in [0.15, 0.2) is 12.2 Å². The highest BCUT2D eigenvalue weighted by molar-refractivity contribution is 5.76. The van der Waals surface area contributed by atoms with Crippen LogP contribution >= 0.6 is 0 Å². The van der Waals surface area contributed by atoms with Gasteiger partial charge in [0, 0.05) is 6.42 Å². The van der Waals surface area contributed by atoms with Crippen LogP contribution in [0.4, 0.5) is 0 Å². The van der Waals surface area contributed by atoms with Crippen molar-refractivity contribution in [2.45, 2.75) is 251 Å². The van der Waals surface area contributed by atoms with Gasteiger partial charge in [-0.3, -0.25) is 4.79 Å². The van der Waals surface area contributed by atoms with Gasteiger partial charge in [-0.05, 0) is 12.8 Å². The Morgan fingerprint density at radius 3 is 1.06 bits per heavy atom. The smallest absolute Gasteiger partial charge is 0.220 e. The molecule has 280 valence electrons. The van der Waals surface area contributed by atoms with Gasteiger partial charge in [0.15, 0.2) is 0 Å². The molecular weight excluding hydrogens is 578 g/mol. The molecule has 0 aromatic rings. The van der Waals surface area contributed by atoms with Crippen molar-refractivity contribution in [3.05, 3.63) is 12.2 Å². The number of amides is 1. The average Bonchev–Trinajstić information content (AvgIpc) is 3.07. The van der Waals surface area contributed by atoms with Gasteiger partial charge in [-0.2, -0.15) is 0 Å². The van der Waals surface area contributed by atoms with Crippen molar-refractivity contribution in [1.82, 2.24) is 5.32 Å². The lowest BCUT2D eigenvalue weighted by Crippen LogP contribution is -2.45. The van der Waals surface area contributed by atoms with Crippen LogP contribution in [0.3, 0.4) is 0 Å². The number of allylic oxidation sites excluding steroid dienone is 1. The molecular formula is C43H85NO3. The molecule has 0 heterocycles. The van der Waals surface area contributed by atoms with Crippen LogP contribution in [0.25, 0.3) is 0 Å². The van der Waals surface area contributed by atoms with Crippen molar-refractivity contribution in [2.75, 3.05) is 6.61 Å². The van der Waals surface area contributed by atoms with E-state index in [4.69, 9.17) is 0 Å². The number of carbonyl (C=O) groups is 1. The third-order valence-corrected chi connectivity index (χ3v) is 10.0. The normalized spacial score (nSPS) is 13.0. The van der Waals surface area contributed by atoms with Crippen LogP contribution in [-0.4, -0.2) is 34.9 Å². The summed E-state index contributed by atoms with van der Waals surface area (Å²) < 4.78 is 0. The predicted molar refractivity (Wildman–Crippen MR) is 207 cm³/mol. The second-order valence-electron chi connectivity index (χ2n) is 14.8. The van der Waals surface area contributed by atoms with Crippen molar-refractivity contribution in [1.29, 1.82) is 0 Å². The molecule has 2 atom stereocenters.